The molecule has 0 saturated carbocycles. The predicted octanol–water partition coefficient (Wildman–Crippen LogP) is 6.10. The number of hydrogen-bond donors (Lipinski definition) is 4. The van der Waals surface area contributed by atoms with Gasteiger partial charge in [-0.25, -0.2) is 0 Å². The van der Waals surface area contributed by atoms with Crippen molar-refractivity contribution in [3.05, 3.63) is 0 Å². The predicted molar refractivity (Wildman–Crippen MR) is 149 cm³/mol. The second-order valence-corrected chi connectivity index (χ2v) is 10.2. The lowest BCUT2D eigenvalue weighted by Crippen LogP contribution is -2.33. The molecule has 212 valence electrons. The number of carboxylic acids is 1. The molecule has 0 fully saturated rings. The third-order valence-electron chi connectivity index (χ3n) is 6.80. The summed E-state index contributed by atoms with van der Waals surface area (Å²) in [6.07, 6.45) is 23.0. The summed E-state index contributed by atoms with van der Waals surface area (Å²) in [5, 5.41) is 17.6. The highest BCUT2D eigenvalue weighted by Crippen LogP contribution is 2.13. The van der Waals surface area contributed by atoms with Gasteiger partial charge in [0.1, 0.15) is 6.04 Å². The van der Waals surface area contributed by atoms with Gasteiger partial charge in [0.15, 0.2) is 0 Å². The highest BCUT2D eigenvalue weighted by atomic mass is 16.4. The molecule has 0 aromatic carbocycles. The van der Waals surface area contributed by atoms with Crippen LogP contribution in [0, 0.1) is 0 Å². The van der Waals surface area contributed by atoms with Crippen LogP contribution in [0.15, 0.2) is 0 Å². The van der Waals surface area contributed by atoms with Gasteiger partial charge >= 0.3 is 5.97 Å². The fraction of sp³-hybridized carbons (Fsp3) is 0.897. The molecule has 0 bridgehead atoms. The first kappa shape index (κ1) is 34.4. The summed E-state index contributed by atoms with van der Waals surface area (Å²) in [6, 6.07) is -0.518. The standard InChI is InChI=1S/C29H57N3O4/c1-3-4-5-6-7-8-9-10-11-12-13-14-16-22-27(33)31-24-19-15-17-23-28(34)32-25-20-18-21-26(30-2)29(35)36/h26,30H,3-25H2,1-2H3,(H,31,33)(H,32,34)(H,35,36). The van der Waals surface area contributed by atoms with E-state index in [2.05, 4.69) is 22.9 Å². The van der Waals surface area contributed by atoms with E-state index in [1.807, 2.05) is 0 Å². The lowest BCUT2D eigenvalue weighted by molar-refractivity contribution is -0.139. The van der Waals surface area contributed by atoms with E-state index in [1.165, 1.54) is 70.6 Å². The lowest BCUT2D eigenvalue weighted by atomic mass is 10.0. The van der Waals surface area contributed by atoms with Crippen LogP contribution in [-0.4, -0.2) is 49.1 Å². The molecular formula is C29H57N3O4. The molecule has 36 heavy (non-hydrogen) atoms. The maximum Gasteiger partial charge on any atom is 0.320 e. The molecule has 0 aromatic rings. The smallest absolute Gasteiger partial charge is 0.320 e. The van der Waals surface area contributed by atoms with E-state index in [0.29, 0.717) is 32.4 Å². The fourth-order valence-electron chi connectivity index (χ4n) is 4.39. The van der Waals surface area contributed by atoms with Crippen LogP contribution < -0.4 is 16.0 Å². The first-order valence-corrected chi connectivity index (χ1v) is 14.9. The Morgan fingerprint density at radius 1 is 0.583 bits per heavy atom. The van der Waals surface area contributed by atoms with Crippen molar-refractivity contribution >= 4 is 17.8 Å². The van der Waals surface area contributed by atoms with Gasteiger partial charge in [0.05, 0.1) is 0 Å². The Labute approximate surface area is 221 Å². The van der Waals surface area contributed by atoms with Crippen molar-refractivity contribution in [1.29, 1.82) is 0 Å². The first-order chi connectivity index (χ1) is 17.5. The number of hydrogen-bond acceptors (Lipinski definition) is 4. The number of rotatable bonds is 27. The van der Waals surface area contributed by atoms with Crippen LogP contribution in [0.2, 0.25) is 0 Å². The van der Waals surface area contributed by atoms with Crippen LogP contribution in [0.25, 0.3) is 0 Å². The maximum absolute atomic E-state index is 11.9. The van der Waals surface area contributed by atoms with Crippen molar-refractivity contribution in [2.45, 2.75) is 148 Å². The summed E-state index contributed by atoms with van der Waals surface area (Å²) in [5.74, 6) is -0.638. The zero-order chi connectivity index (χ0) is 26.7. The Morgan fingerprint density at radius 3 is 1.39 bits per heavy atom. The van der Waals surface area contributed by atoms with Gasteiger partial charge in [-0.05, 0) is 45.6 Å². The lowest BCUT2D eigenvalue weighted by Gasteiger charge is -2.10. The average Bonchev–Trinajstić information content (AvgIpc) is 2.86. The summed E-state index contributed by atoms with van der Waals surface area (Å²) in [6.45, 7) is 3.54. The second kappa shape index (κ2) is 26.4. The Hall–Kier alpha value is -1.63. The van der Waals surface area contributed by atoms with Crippen molar-refractivity contribution in [3.63, 3.8) is 0 Å². The monoisotopic (exact) mass is 511 g/mol. The number of carbonyl (C=O) groups excluding carboxylic acids is 2. The highest BCUT2D eigenvalue weighted by molar-refractivity contribution is 5.76. The molecule has 0 saturated heterocycles. The zero-order valence-corrected chi connectivity index (χ0v) is 23.5. The number of carbonyl (C=O) groups is 3. The zero-order valence-electron chi connectivity index (χ0n) is 23.5. The minimum atomic E-state index is -0.836. The fourth-order valence-corrected chi connectivity index (χ4v) is 4.39. The van der Waals surface area contributed by atoms with Crippen LogP contribution in [0.4, 0.5) is 0 Å². The molecule has 7 nitrogen and oxygen atoms in total. The SMILES string of the molecule is CCCCCCCCCCCCCCCC(=O)NCCCCCC(=O)NCCCCC(NC)C(=O)O. The van der Waals surface area contributed by atoms with E-state index in [4.69, 9.17) is 5.11 Å². The number of aliphatic carboxylic acids is 1. The average molecular weight is 512 g/mol. The quantitative estimate of drug-likeness (QED) is 0.0996. The van der Waals surface area contributed by atoms with E-state index in [-0.39, 0.29) is 11.8 Å². The number of amides is 2. The first-order valence-electron chi connectivity index (χ1n) is 14.9. The number of nitrogens with one attached hydrogen (secondary N) is 3. The highest BCUT2D eigenvalue weighted by Gasteiger charge is 2.13. The van der Waals surface area contributed by atoms with Crippen LogP contribution >= 0.6 is 0 Å². The van der Waals surface area contributed by atoms with Crippen molar-refractivity contribution < 1.29 is 19.5 Å². The second-order valence-electron chi connectivity index (χ2n) is 10.2. The summed E-state index contributed by atoms with van der Waals surface area (Å²) in [5.41, 5.74) is 0. The summed E-state index contributed by atoms with van der Waals surface area (Å²) in [4.78, 5) is 34.7. The molecule has 4 N–H and O–H groups in total. The topological polar surface area (TPSA) is 108 Å². The van der Waals surface area contributed by atoms with Gasteiger partial charge in [0, 0.05) is 25.9 Å². The van der Waals surface area contributed by atoms with Crippen LogP contribution in [0.3, 0.4) is 0 Å². The number of unbranched alkanes of at least 4 members (excludes halogenated alkanes) is 15. The van der Waals surface area contributed by atoms with Crippen molar-refractivity contribution in [3.8, 4) is 0 Å². The largest absolute Gasteiger partial charge is 0.480 e. The van der Waals surface area contributed by atoms with Crippen LogP contribution in [-0.2, 0) is 14.4 Å². The Balaban J connectivity index is 3.35. The third-order valence-corrected chi connectivity index (χ3v) is 6.80. The van der Waals surface area contributed by atoms with Crippen molar-refractivity contribution in [1.82, 2.24) is 16.0 Å². The van der Waals surface area contributed by atoms with E-state index in [1.54, 1.807) is 7.05 Å². The third kappa shape index (κ3) is 24.1. The van der Waals surface area contributed by atoms with Crippen molar-refractivity contribution in [2.24, 2.45) is 0 Å². The number of carboxylic acid groups (broad SMARTS) is 1. The molecule has 0 heterocycles. The van der Waals surface area contributed by atoms with E-state index < -0.39 is 12.0 Å². The Bertz CT molecular complexity index is 543. The molecule has 0 aliphatic heterocycles. The number of likely N-dealkylation sites (N-methyl/N-ethyl adjacent to an activating group) is 1. The molecule has 7 heteroatoms. The summed E-state index contributed by atoms with van der Waals surface area (Å²) in [7, 11) is 1.65. The van der Waals surface area contributed by atoms with Gasteiger partial charge in [-0.2, -0.15) is 0 Å². The minimum Gasteiger partial charge on any atom is -0.480 e. The molecule has 0 aliphatic rings. The van der Waals surface area contributed by atoms with E-state index in [9.17, 15) is 14.4 Å². The molecule has 0 rings (SSSR count). The van der Waals surface area contributed by atoms with Crippen LogP contribution in [0.5, 0.6) is 0 Å². The van der Waals surface area contributed by atoms with Gasteiger partial charge < -0.3 is 21.1 Å². The molecule has 0 aromatic heterocycles. The van der Waals surface area contributed by atoms with Gasteiger partial charge in [0.25, 0.3) is 0 Å². The van der Waals surface area contributed by atoms with E-state index >= 15 is 0 Å². The van der Waals surface area contributed by atoms with Gasteiger partial charge in [-0.1, -0.05) is 90.4 Å². The van der Waals surface area contributed by atoms with E-state index in [0.717, 1.165) is 44.9 Å². The molecule has 0 spiro atoms. The summed E-state index contributed by atoms with van der Waals surface area (Å²) < 4.78 is 0. The maximum atomic E-state index is 11.9. The molecular weight excluding hydrogens is 454 g/mol. The van der Waals surface area contributed by atoms with Gasteiger partial charge in [-0.15, -0.1) is 0 Å². The normalized spacial score (nSPS) is 11.8. The molecule has 0 aliphatic carbocycles. The minimum absolute atomic E-state index is 0.0462. The van der Waals surface area contributed by atoms with Gasteiger partial charge in [-0.3, -0.25) is 14.4 Å². The molecule has 1 unspecified atom stereocenters. The van der Waals surface area contributed by atoms with Crippen LogP contribution in [0.1, 0.15) is 142 Å². The molecule has 1 atom stereocenters. The molecule has 0 radical (unpaired) electrons. The van der Waals surface area contributed by atoms with Crippen molar-refractivity contribution in [2.75, 3.05) is 20.1 Å². The Morgan fingerprint density at radius 2 is 0.972 bits per heavy atom. The Kier molecular flexibility index (Phi) is 25.2. The summed E-state index contributed by atoms with van der Waals surface area (Å²) >= 11 is 0. The molecule has 2 amide bonds. The van der Waals surface area contributed by atoms with Gasteiger partial charge in [0.2, 0.25) is 11.8 Å².